The molecule has 0 spiro atoms. The molecule has 2 heterocycles. The molecule has 0 saturated carbocycles. The van der Waals surface area contributed by atoms with Crippen LogP contribution in [0.4, 0.5) is 0 Å². The Morgan fingerprint density at radius 3 is 2.32 bits per heavy atom. The van der Waals surface area contributed by atoms with Crippen LogP contribution in [-0.2, 0) is 6.54 Å². The maximum atomic E-state index is 10.2. The first kappa shape index (κ1) is 16.6. The number of hydrogen-bond acceptors (Lipinski definition) is 3. The monoisotopic (exact) mass is 336 g/mol. The molecule has 2 atom stereocenters. The van der Waals surface area contributed by atoms with Crippen LogP contribution in [0.1, 0.15) is 42.7 Å². The zero-order valence-corrected chi connectivity index (χ0v) is 14.8. The summed E-state index contributed by atoms with van der Waals surface area (Å²) in [5.41, 5.74) is 2.50. The molecule has 132 valence electrons. The van der Waals surface area contributed by atoms with Gasteiger partial charge in [0.15, 0.2) is 0 Å². The molecule has 3 heteroatoms. The maximum Gasteiger partial charge on any atom is 0.119 e. The van der Waals surface area contributed by atoms with Gasteiger partial charge in [0.25, 0.3) is 0 Å². The standard InChI is InChI=1S/C22H28N2O/c25-22-9-5-4-8-21(22)18-14-19-10-11-20(15-18)24(19)13-12-23-16-17-6-2-1-3-7-17/h1-9,18-20,23,25H,10-16H2. The first-order chi connectivity index (χ1) is 12.3. The van der Waals surface area contributed by atoms with Crippen LogP contribution in [0.3, 0.4) is 0 Å². The topological polar surface area (TPSA) is 35.5 Å². The molecule has 2 N–H and O–H groups in total. The third-order valence-electron chi connectivity index (χ3n) is 5.98. The van der Waals surface area contributed by atoms with Crippen molar-refractivity contribution >= 4 is 0 Å². The van der Waals surface area contributed by atoms with Gasteiger partial charge in [0.1, 0.15) is 5.75 Å². The van der Waals surface area contributed by atoms with E-state index in [0.29, 0.717) is 23.8 Å². The Kier molecular flexibility index (Phi) is 5.04. The lowest BCUT2D eigenvalue weighted by molar-refractivity contribution is 0.127. The van der Waals surface area contributed by atoms with Gasteiger partial charge in [-0.25, -0.2) is 0 Å². The van der Waals surface area contributed by atoms with E-state index in [0.717, 1.165) is 25.2 Å². The highest BCUT2D eigenvalue weighted by Crippen LogP contribution is 2.44. The van der Waals surface area contributed by atoms with E-state index in [9.17, 15) is 5.11 Å². The number of nitrogens with zero attached hydrogens (tertiary/aromatic N) is 1. The van der Waals surface area contributed by atoms with Crippen LogP contribution in [-0.4, -0.2) is 35.2 Å². The summed E-state index contributed by atoms with van der Waals surface area (Å²) in [4.78, 5) is 2.72. The van der Waals surface area contributed by atoms with Gasteiger partial charge >= 0.3 is 0 Å². The van der Waals surface area contributed by atoms with Crippen LogP contribution in [0.2, 0.25) is 0 Å². The molecular formula is C22H28N2O. The summed E-state index contributed by atoms with van der Waals surface area (Å²) in [5, 5.41) is 13.8. The third-order valence-corrected chi connectivity index (χ3v) is 5.98. The molecule has 0 aliphatic carbocycles. The van der Waals surface area contributed by atoms with Crippen molar-refractivity contribution in [3.63, 3.8) is 0 Å². The second-order valence-electron chi connectivity index (χ2n) is 7.51. The van der Waals surface area contributed by atoms with Gasteiger partial charge in [-0.1, -0.05) is 48.5 Å². The zero-order valence-electron chi connectivity index (χ0n) is 14.8. The summed E-state index contributed by atoms with van der Waals surface area (Å²) < 4.78 is 0. The van der Waals surface area contributed by atoms with Crippen molar-refractivity contribution < 1.29 is 5.11 Å². The molecule has 2 aromatic carbocycles. The highest BCUT2D eigenvalue weighted by molar-refractivity contribution is 5.35. The lowest BCUT2D eigenvalue weighted by Crippen LogP contribution is -2.45. The van der Waals surface area contributed by atoms with E-state index in [2.05, 4.69) is 52.7 Å². The van der Waals surface area contributed by atoms with E-state index >= 15 is 0 Å². The van der Waals surface area contributed by atoms with Crippen LogP contribution in [0.15, 0.2) is 54.6 Å². The molecule has 0 aromatic heterocycles. The van der Waals surface area contributed by atoms with Crippen molar-refractivity contribution in [1.82, 2.24) is 10.2 Å². The Balaban J connectivity index is 1.30. The van der Waals surface area contributed by atoms with Crippen molar-refractivity contribution in [2.45, 2.75) is 50.2 Å². The molecule has 2 unspecified atom stereocenters. The lowest BCUT2D eigenvalue weighted by Gasteiger charge is -2.39. The van der Waals surface area contributed by atoms with Gasteiger partial charge in [-0.3, -0.25) is 4.90 Å². The largest absolute Gasteiger partial charge is 0.508 e. The van der Waals surface area contributed by atoms with Crippen molar-refractivity contribution in [1.29, 1.82) is 0 Å². The second kappa shape index (κ2) is 7.59. The van der Waals surface area contributed by atoms with Gasteiger partial charge in [-0.15, -0.1) is 0 Å². The number of rotatable bonds is 6. The number of aromatic hydroxyl groups is 1. The minimum absolute atomic E-state index is 0.477. The second-order valence-corrected chi connectivity index (χ2v) is 7.51. The minimum Gasteiger partial charge on any atom is -0.508 e. The fourth-order valence-corrected chi connectivity index (χ4v) is 4.76. The van der Waals surface area contributed by atoms with E-state index in [1.165, 1.54) is 31.2 Å². The Morgan fingerprint density at radius 1 is 0.920 bits per heavy atom. The van der Waals surface area contributed by atoms with Crippen LogP contribution < -0.4 is 5.32 Å². The predicted octanol–water partition coefficient (Wildman–Crippen LogP) is 3.89. The number of nitrogens with one attached hydrogen (secondary N) is 1. The summed E-state index contributed by atoms with van der Waals surface area (Å²) in [5.74, 6) is 0.997. The van der Waals surface area contributed by atoms with Crippen LogP contribution in [0, 0.1) is 0 Å². The summed E-state index contributed by atoms with van der Waals surface area (Å²) in [6.07, 6.45) is 5.00. The van der Waals surface area contributed by atoms with Crippen molar-refractivity contribution in [3.8, 4) is 5.75 Å². The Morgan fingerprint density at radius 2 is 1.60 bits per heavy atom. The molecular weight excluding hydrogens is 308 g/mol. The zero-order chi connectivity index (χ0) is 17.1. The Bertz CT molecular complexity index is 673. The van der Waals surface area contributed by atoms with Crippen molar-refractivity contribution in [2.24, 2.45) is 0 Å². The molecule has 0 radical (unpaired) electrons. The molecule has 2 aliphatic rings. The highest BCUT2D eigenvalue weighted by Gasteiger charge is 2.41. The number of hydrogen-bond donors (Lipinski definition) is 2. The summed E-state index contributed by atoms with van der Waals surface area (Å²) in [6, 6.07) is 19.9. The molecule has 3 nitrogen and oxygen atoms in total. The van der Waals surface area contributed by atoms with Crippen LogP contribution >= 0.6 is 0 Å². The highest BCUT2D eigenvalue weighted by atomic mass is 16.3. The number of piperidine rings is 1. The first-order valence-corrected chi connectivity index (χ1v) is 9.59. The fourth-order valence-electron chi connectivity index (χ4n) is 4.76. The summed E-state index contributed by atoms with van der Waals surface area (Å²) >= 11 is 0. The van der Waals surface area contributed by atoms with Gasteiger partial charge in [-0.2, -0.15) is 0 Å². The molecule has 0 amide bonds. The average molecular weight is 336 g/mol. The van der Waals surface area contributed by atoms with Crippen LogP contribution in [0.25, 0.3) is 0 Å². The van der Waals surface area contributed by atoms with Gasteiger partial charge in [0, 0.05) is 31.7 Å². The van der Waals surface area contributed by atoms with E-state index in [-0.39, 0.29) is 0 Å². The number of para-hydroxylation sites is 1. The lowest BCUT2D eigenvalue weighted by atomic mass is 9.84. The molecule has 2 fully saturated rings. The molecule has 2 aromatic rings. The van der Waals surface area contributed by atoms with Gasteiger partial charge in [0.2, 0.25) is 0 Å². The minimum atomic E-state index is 0.477. The number of benzene rings is 2. The number of phenolic OH excluding ortho intramolecular Hbond substituents is 1. The summed E-state index contributed by atoms with van der Waals surface area (Å²) in [7, 11) is 0. The van der Waals surface area contributed by atoms with Crippen molar-refractivity contribution in [3.05, 3.63) is 65.7 Å². The molecule has 2 bridgehead atoms. The molecule has 25 heavy (non-hydrogen) atoms. The fraction of sp³-hybridized carbons (Fsp3) is 0.455. The van der Waals surface area contributed by atoms with Gasteiger partial charge < -0.3 is 10.4 Å². The van der Waals surface area contributed by atoms with Crippen LogP contribution in [0.5, 0.6) is 5.75 Å². The normalized spacial score (nSPS) is 26.0. The smallest absolute Gasteiger partial charge is 0.119 e. The maximum absolute atomic E-state index is 10.2. The molecule has 2 aliphatic heterocycles. The predicted molar refractivity (Wildman–Crippen MR) is 102 cm³/mol. The Hall–Kier alpha value is -1.84. The summed E-state index contributed by atoms with van der Waals surface area (Å²) in [6.45, 7) is 3.13. The molecule has 2 saturated heterocycles. The van der Waals surface area contributed by atoms with E-state index in [1.807, 2.05) is 12.1 Å². The third kappa shape index (κ3) is 3.73. The number of fused-ring (bicyclic) bond motifs is 2. The van der Waals surface area contributed by atoms with Crippen molar-refractivity contribution in [2.75, 3.05) is 13.1 Å². The van der Waals surface area contributed by atoms with E-state index in [1.54, 1.807) is 0 Å². The van der Waals surface area contributed by atoms with E-state index < -0.39 is 0 Å². The average Bonchev–Trinajstić information content (AvgIpc) is 2.87. The SMILES string of the molecule is Oc1ccccc1C1CC2CCC(C1)N2CCNCc1ccccc1. The first-order valence-electron chi connectivity index (χ1n) is 9.59. The van der Waals surface area contributed by atoms with E-state index in [4.69, 9.17) is 0 Å². The quantitative estimate of drug-likeness (QED) is 0.786. The Labute approximate surface area is 150 Å². The number of phenols is 1. The van der Waals surface area contributed by atoms with Gasteiger partial charge in [0.05, 0.1) is 0 Å². The molecule has 4 rings (SSSR count). The van der Waals surface area contributed by atoms with Gasteiger partial charge in [-0.05, 0) is 48.8 Å².